The van der Waals surface area contributed by atoms with Crippen LogP contribution in [0.15, 0.2) is 48.7 Å². The molecule has 1 aromatic heterocycles. The third-order valence-corrected chi connectivity index (χ3v) is 4.98. The van der Waals surface area contributed by atoms with E-state index >= 15 is 0 Å². The molecule has 116 valence electrons. The molecule has 0 aliphatic rings. The molecule has 1 nitrogen and oxygen atoms in total. The Morgan fingerprint density at radius 2 is 1.30 bits per heavy atom. The summed E-state index contributed by atoms with van der Waals surface area (Å²) in [7, 11) is 0. The summed E-state index contributed by atoms with van der Waals surface area (Å²) in [5.41, 5.74) is 1.99. The number of benzene rings is 2. The zero-order valence-electron chi connectivity index (χ0n) is 11.5. The lowest BCUT2D eigenvalue weighted by Crippen LogP contribution is -1.92. The van der Waals surface area contributed by atoms with Gasteiger partial charge in [-0.05, 0) is 18.2 Å². The molecule has 3 aromatic rings. The maximum absolute atomic E-state index is 14.2. The molecular weight excluding hydrogens is 379 g/mol. The molecule has 0 unspecified atom stereocenters. The summed E-state index contributed by atoms with van der Waals surface area (Å²) in [5.74, 6) is -0.643. The van der Waals surface area contributed by atoms with Gasteiger partial charge in [-0.2, -0.15) is 4.39 Å². The van der Waals surface area contributed by atoms with Crippen LogP contribution in [0.1, 0.15) is 0 Å². The van der Waals surface area contributed by atoms with Gasteiger partial charge in [0.05, 0.1) is 20.1 Å². The molecule has 0 amide bonds. The van der Waals surface area contributed by atoms with Gasteiger partial charge in [0.1, 0.15) is 0 Å². The quantitative estimate of drug-likeness (QED) is 0.425. The van der Waals surface area contributed by atoms with E-state index in [0.29, 0.717) is 31.8 Å². The molecule has 0 saturated carbocycles. The Morgan fingerprint density at radius 3 is 1.96 bits per heavy atom. The predicted molar refractivity (Wildman–Crippen MR) is 95.1 cm³/mol. The summed E-state index contributed by atoms with van der Waals surface area (Å²) < 4.78 is 14.2. The lowest BCUT2D eigenvalue weighted by molar-refractivity contribution is 0.588. The highest BCUT2D eigenvalue weighted by Gasteiger charge is 2.15. The predicted octanol–water partition coefficient (Wildman–Crippen LogP) is 7.17. The molecule has 2 aromatic carbocycles. The number of pyridine rings is 1. The van der Waals surface area contributed by atoms with Crippen molar-refractivity contribution in [1.82, 2.24) is 4.98 Å². The fraction of sp³-hybridized carbons (Fsp3) is 0. The van der Waals surface area contributed by atoms with Crippen LogP contribution in [-0.2, 0) is 0 Å². The van der Waals surface area contributed by atoms with E-state index in [2.05, 4.69) is 4.98 Å². The number of hydrogen-bond donors (Lipinski definition) is 0. The molecule has 0 aliphatic heterocycles. The van der Waals surface area contributed by atoms with Crippen LogP contribution in [-0.4, -0.2) is 4.98 Å². The van der Waals surface area contributed by atoms with Gasteiger partial charge in [0.2, 0.25) is 5.95 Å². The first-order valence-corrected chi connectivity index (χ1v) is 8.04. The number of nitrogens with zero attached hydrogens (tertiary/aromatic N) is 1. The third-order valence-electron chi connectivity index (χ3n) is 3.34. The molecule has 3 rings (SSSR count). The fourth-order valence-corrected chi connectivity index (χ4v) is 3.03. The number of halogens is 5. The van der Waals surface area contributed by atoms with Crippen molar-refractivity contribution in [2.75, 3.05) is 0 Å². The van der Waals surface area contributed by atoms with Crippen molar-refractivity contribution in [2.45, 2.75) is 0 Å². The highest BCUT2D eigenvalue weighted by atomic mass is 35.5. The molecule has 0 spiro atoms. The summed E-state index contributed by atoms with van der Waals surface area (Å²) in [6, 6.07) is 11.9. The largest absolute Gasteiger partial charge is 0.227 e. The molecule has 23 heavy (non-hydrogen) atoms. The number of rotatable bonds is 2. The van der Waals surface area contributed by atoms with Gasteiger partial charge in [-0.1, -0.05) is 70.7 Å². The minimum absolute atomic E-state index is 0.242. The van der Waals surface area contributed by atoms with Crippen LogP contribution in [0.25, 0.3) is 22.3 Å². The maximum Gasteiger partial charge on any atom is 0.220 e. The second-order valence-corrected chi connectivity index (χ2v) is 6.34. The summed E-state index contributed by atoms with van der Waals surface area (Å²) in [4.78, 5) is 3.80. The van der Waals surface area contributed by atoms with Crippen molar-refractivity contribution in [2.24, 2.45) is 0 Å². The average Bonchev–Trinajstić information content (AvgIpc) is 2.54. The molecule has 0 N–H and O–H groups in total. The Bertz CT molecular complexity index is 896. The van der Waals surface area contributed by atoms with Crippen molar-refractivity contribution in [3.8, 4) is 22.3 Å². The van der Waals surface area contributed by atoms with Crippen molar-refractivity contribution in [3.63, 3.8) is 0 Å². The van der Waals surface area contributed by atoms with E-state index in [0.717, 1.165) is 0 Å². The normalized spacial score (nSPS) is 10.8. The molecule has 1 heterocycles. The van der Waals surface area contributed by atoms with Gasteiger partial charge in [-0.3, -0.25) is 0 Å². The van der Waals surface area contributed by atoms with Gasteiger partial charge in [-0.25, -0.2) is 4.98 Å². The number of hydrogen-bond acceptors (Lipinski definition) is 1. The molecular formula is C17H8Cl4FN. The second-order valence-electron chi connectivity index (χ2n) is 4.77. The number of aromatic nitrogens is 1. The zero-order chi connectivity index (χ0) is 16.6. The summed E-state index contributed by atoms with van der Waals surface area (Å²) in [6.07, 6.45) is 1.40. The van der Waals surface area contributed by atoms with Crippen LogP contribution < -0.4 is 0 Å². The van der Waals surface area contributed by atoms with Crippen molar-refractivity contribution in [1.29, 1.82) is 0 Å². The van der Waals surface area contributed by atoms with Gasteiger partial charge in [-0.15, -0.1) is 0 Å². The highest BCUT2D eigenvalue weighted by molar-refractivity contribution is 6.44. The van der Waals surface area contributed by atoms with Gasteiger partial charge >= 0.3 is 0 Å². The first-order valence-electron chi connectivity index (χ1n) is 6.53. The molecule has 0 radical (unpaired) electrons. The van der Waals surface area contributed by atoms with E-state index in [-0.39, 0.29) is 10.6 Å². The Kier molecular flexibility index (Phi) is 4.79. The molecule has 0 bridgehead atoms. The van der Waals surface area contributed by atoms with Crippen LogP contribution in [0.4, 0.5) is 4.39 Å². The average molecular weight is 387 g/mol. The summed E-state index contributed by atoms with van der Waals surface area (Å²) in [6.45, 7) is 0. The lowest BCUT2D eigenvalue weighted by Gasteiger charge is -2.10. The standard InChI is InChI=1S/C17H8Cl4FN/c18-13-5-1-3-10(15(13)20)9-7-12(17(22)23-8-9)11-4-2-6-14(19)16(11)21/h1-8H. The van der Waals surface area contributed by atoms with Crippen LogP contribution in [0.2, 0.25) is 20.1 Å². The van der Waals surface area contributed by atoms with Crippen LogP contribution in [0.5, 0.6) is 0 Å². The minimum Gasteiger partial charge on any atom is -0.227 e. The fourth-order valence-electron chi connectivity index (χ4n) is 2.22. The van der Waals surface area contributed by atoms with Crippen molar-refractivity contribution >= 4 is 46.4 Å². The van der Waals surface area contributed by atoms with Gasteiger partial charge < -0.3 is 0 Å². The Labute approximate surface area is 152 Å². The summed E-state index contributed by atoms with van der Waals surface area (Å²) >= 11 is 24.4. The zero-order valence-corrected chi connectivity index (χ0v) is 14.5. The molecule has 0 aliphatic carbocycles. The highest BCUT2D eigenvalue weighted by Crippen LogP contribution is 2.38. The monoisotopic (exact) mass is 385 g/mol. The van der Waals surface area contributed by atoms with Crippen LogP contribution >= 0.6 is 46.4 Å². The van der Waals surface area contributed by atoms with Crippen molar-refractivity contribution < 1.29 is 4.39 Å². The smallest absolute Gasteiger partial charge is 0.220 e. The van der Waals surface area contributed by atoms with Crippen molar-refractivity contribution in [3.05, 3.63) is 74.7 Å². The SMILES string of the molecule is Fc1ncc(-c2cccc(Cl)c2Cl)cc1-c1cccc(Cl)c1Cl. The van der Waals surface area contributed by atoms with E-state index in [9.17, 15) is 4.39 Å². The second kappa shape index (κ2) is 6.66. The van der Waals surface area contributed by atoms with E-state index < -0.39 is 5.95 Å². The van der Waals surface area contributed by atoms with Gasteiger partial charge in [0.25, 0.3) is 0 Å². The minimum atomic E-state index is -0.643. The van der Waals surface area contributed by atoms with Crippen LogP contribution in [0, 0.1) is 5.95 Å². The Hall–Kier alpha value is -1.32. The first kappa shape index (κ1) is 16.5. The molecule has 0 atom stereocenters. The first-order chi connectivity index (χ1) is 11.0. The molecule has 0 fully saturated rings. The topological polar surface area (TPSA) is 12.9 Å². The van der Waals surface area contributed by atoms with E-state index in [1.165, 1.54) is 6.20 Å². The van der Waals surface area contributed by atoms with Gasteiger partial charge in [0.15, 0.2) is 0 Å². The molecule has 6 heteroatoms. The van der Waals surface area contributed by atoms with E-state index in [1.54, 1.807) is 42.5 Å². The Balaban J connectivity index is 2.21. The maximum atomic E-state index is 14.2. The van der Waals surface area contributed by atoms with Gasteiger partial charge in [0, 0.05) is 28.5 Å². The van der Waals surface area contributed by atoms with Crippen LogP contribution in [0.3, 0.4) is 0 Å². The third kappa shape index (κ3) is 3.17. The lowest BCUT2D eigenvalue weighted by atomic mass is 10.0. The summed E-state index contributed by atoms with van der Waals surface area (Å²) in [5, 5.41) is 1.40. The van der Waals surface area contributed by atoms with E-state index in [4.69, 9.17) is 46.4 Å². The van der Waals surface area contributed by atoms with E-state index in [1.807, 2.05) is 0 Å². The Morgan fingerprint density at radius 1 is 0.739 bits per heavy atom. The molecule has 0 saturated heterocycles.